The summed E-state index contributed by atoms with van der Waals surface area (Å²) in [6.45, 7) is 1.48. The molecular formula is C10H11F2NO. The Hall–Kier alpha value is -1.29. The molecule has 76 valence electrons. The average Bonchev–Trinajstić information content (AvgIpc) is 2.16. The van der Waals surface area contributed by atoms with Gasteiger partial charge in [-0.3, -0.25) is 4.79 Å². The molecule has 0 saturated heterocycles. The highest BCUT2D eigenvalue weighted by Crippen LogP contribution is 2.23. The molecule has 0 fully saturated rings. The molecule has 2 nitrogen and oxygen atoms in total. The van der Waals surface area contributed by atoms with Crippen LogP contribution in [0, 0.1) is 0 Å². The molecule has 0 saturated carbocycles. The third-order valence-corrected chi connectivity index (χ3v) is 1.87. The van der Waals surface area contributed by atoms with E-state index in [0.29, 0.717) is 0 Å². The Morgan fingerprint density at radius 1 is 1.36 bits per heavy atom. The first-order valence-corrected chi connectivity index (χ1v) is 4.21. The first-order chi connectivity index (χ1) is 6.54. The lowest BCUT2D eigenvalue weighted by Crippen LogP contribution is -2.27. The summed E-state index contributed by atoms with van der Waals surface area (Å²) in [5, 5.41) is 0. The molecule has 1 aromatic carbocycles. The van der Waals surface area contributed by atoms with Crippen LogP contribution in [-0.2, 0) is 0 Å². The molecule has 0 aromatic heterocycles. The van der Waals surface area contributed by atoms with Crippen LogP contribution in [0.5, 0.6) is 0 Å². The molecule has 1 atom stereocenters. The fraction of sp³-hybridized carbons (Fsp3) is 0.300. The van der Waals surface area contributed by atoms with Gasteiger partial charge in [-0.05, 0) is 6.92 Å². The van der Waals surface area contributed by atoms with Crippen LogP contribution in [0.15, 0.2) is 24.3 Å². The molecule has 0 heterocycles. The number of rotatable bonds is 3. The Labute approximate surface area is 80.7 Å². The molecule has 1 unspecified atom stereocenters. The molecule has 0 radical (unpaired) electrons. The first-order valence-electron chi connectivity index (χ1n) is 4.21. The van der Waals surface area contributed by atoms with Crippen molar-refractivity contribution in [2.75, 3.05) is 0 Å². The van der Waals surface area contributed by atoms with Gasteiger partial charge in [0.2, 0.25) is 0 Å². The van der Waals surface area contributed by atoms with Crippen molar-refractivity contribution in [3.63, 3.8) is 0 Å². The van der Waals surface area contributed by atoms with E-state index in [9.17, 15) is 13.6 Å². The fourth-order valence-electron chi connectivity index (χ4n) is 1.16. The standard InChI is InChI=1S/C10H11F2NO/c1-6(13)9(14)7-4-2-3-5-8(7)10(11)12/h2-6,10H,13H2,1H3. The predicted octanol–water partition coefficient (Wildman–Crippen LogP) is 2.15. The van der Waals surface area contributed by atoms with Crippen molar-refractivity contribution in [3.05, 3.63) is 35.4 Å². The number of carbonyl (C=O) groups is 1. The van der Waals surface area contributed by atoms with Crippen molar-refractivity contribution in [2.24, 2.45) is 5.73 Å². The Morgan fingerprint density at radius 2 is 1.93 bits per heavy atom. The molecule has 0 bridgehead atoms. The van der Waals surface area contributed by atoms with Crippen LogP contribution < -0.4 is 5.73 Å². The SMILES string of the molecule is CC(N)C(=O)c1ccccc1C(F)F. The molecular weight excluding hydrogens is 188 g/mol. The van der Waals surface area contributed by atoms with Crippen LogP contribution in [0.3, 0.4) is 0 Å². The maximum absolute atomic E-state index is 12.5. The molecule has 0 spiro atoms. The normalized spacial score (nSPS) is 12.9. The van der Waals surface area contributed by atoms with E-state index in [-0.39, 0.29) is 11.1 Å². The number of hydrogen-bond acceptors (Lipinski definition) is 2. The second kappa shape index (κ2) is 4.28. The third kappa shape index (κ3) is 2.14. The zero-order valence-corrected chi connectivity index (χ0v) is 7.71. The van der Waals surface area contributed by atoms with Gasteiger partial charge in [0.15, 0.2) is 5.78 Å². The number of halogens is 2. The summed E-state index contributed by atoms with van der Waals surface area (Å²) in [5.74, 6) is -0.457. The van der Waals surface area contributed by atoms with E-state index >= 15 is 0 Å². The quantitative estimate of drug-likeness (QED) is 0.758. The summed E-state index contributed by atoms with van der Waals surface area (Å²) in [7, 11) is 0. The number of Topliss-reactive ketones (excluding diaryl/α,β-unsaturated/α-hetero) is 1. The highest BCUT2D eigenvalue weighted by molar-refractivity contribution is 6.01. The van der Waals surface area contributed by atoms with E-state index in [2.05, 4.69) is 0 Å². The molecule has 2 N–H and O–H groups in total. The van der Waals surface area contributed by atoms with Crippen LogP contribution >= 0.6 is 0 Å². The minimum absolute atomic E-state index is 0.0116. The lowest BCUT2D eigenvalue weighted by molar-refractivity contribution is 0.0954. The molecule has 14 heavy (non-hydrogen) atoms. The average molecular weight is 199 g/mol. The Bertz CT molecular complexity index is 337. The van der Waals surface area contributed by atoms with Crippen molar-refractivity contribution in [3.8, 4) is 0 Å². The summed E-state index contributed by atoms with van der Waals surface area (Å²) in [6, 6.07) is 4.86. The fourth-order valence-corrected chi connectivity index (χ4v) is 1.16. The molecule has 4 heteroatoms. The van der Waals surface area contributed by atoms with Crippen molar-refractivity contribution in [1.29, 1.82) is 0 Å². The van der Waals surface area contributed by atoms with Crippen molar-refractivity contribution in [2.45, 2.75) is 19.4 Å². The van der Waals surface area contributed by atoms with E-state index in [4.69, 9.17) is 5.73 Å². The van der Waals surface area contributed by atoms with Gasteiger partial charge in [-0.15, -0.1) is 0 Å². The second-order valence-electron chi connectivity index (χ2n) is 3.04. The number of benzene rings is 1. The summed E-state index contributed by atoms with van der Waals surface area (Å²) >= 11 is 0. The van der Waals surface area contributed by atoms with E-state index in [1.807, 2.05) is 0 Å². The van der Waals surface area contributed by atoms with Gasteiger partial charge >= 0.3 is 0 Å². The second-order valence-corrected chi connectivity index (χ2v) is 3.04. The summed E-state index contributed by atoms with van der Waals surface area (Å²) in [5.41, 5.74) is 5.10. The van der Waals surface area contributed by atoms with Crippen LogP contribution in [0.4, 0.5) is 8.78 Å². The Morgan fingerprint density at radius 3 is 2.43 bits per heavy atom. The number of carbonyl (C=O) groups excluding carboxylic acids is 1. The number of alkyl halides is 2. The van der Waals surface area contributed by atoms with Gasteiger partial charge < -0.3 is 5.73 Å². The van der Waals surface area contributed by atoms with Gasteiger partial charge in [0, 0.05) is 11.1 Å². The maximum atomic E-state index is 12.5. The van der Waals surface area contributed by atoms with Gasteiger partial charge in [0.25, 0.3) is 6.43 Å². The first kappa shape index (κ1) is 10.8. The number of hydrogen-bond donors (Lipinski definition) is 1. The largest absolute Gasteiger partial charge is 0.321 e. The van der Waals surface area contributed by atoms with Crippen LogP contribution in [0.2, 0.25) is 0 Å². The van der Waals surface area contributed by atoms with Gasteiger partial charge in [0.05, 0.1) is 6.04 Å². The van der Waals surface area contributed by atoms with E-state index in [1.165, 1.54) is 25.1 Å². The summed E-state index contributed by atoms with van der Waals surface area (Å²) < 4.78 is 24.9. The lowest BCUT2D eigenvalue weighted by atomic mass is 10.0. The van der Waals surface area contributed by atoms with Crippen LogP contribution in [0.25, 0.3) is 0 Å². The zero-order chi connectivity index (χ0) is 10.7. The van der Waals surface area contributed by atoms with Crippen LogP contribution in [0.1, 0.15) is 29.3 Å². The van der Waals surface area contributed by atoms with E-state index in [0.717, 1.165) is 0 Å². The molecule has 0 aliphatic rings. The summed E-state index contributed by atoms with van der Waals surface area (Å²) in [4.78, 5) is 11.4. The van der Waals surface area contributed by atoms with Gasteiger partial charge in [-0.1, -0.05) is 24.3 Å². The Kier molecular flexibility index (Phi) is 3.30. The predicted molar refractivity (Wildman–Crippen MR) is 49.4 cm³/mol. The zero-order valence-electron chi connectivity index (χ0n) is 7.71. The molecule has 1 rings (SSSR count). The molecule has 0 aliphatic heterocycles. The molecule has 0 amide bonds. The summed E-state index contributed by atoms with van der Waals surface area (Å²) in [6.07, 6.45) is -2.64. The van der Waals surface area contributed by atoms with Crippen molar-refractivity contribution >= 4 is 5.78 Å². The van der Waals surface area contributed by atoms with E-state index < -0.39 is 18.3 Å². The number of nitrogens with two attached hydrogens (primary N) is 1. The van der Waals surface area contributed by atoms with Crippen molar-refractivity contribution in [1.82, 2.24) is 0 Å². The van der Waals surface area contributed by atoms with Crippen molar-refractivity contribution < 1.29 is 13.6 Å². The minimum Gasteiger partial charge on any atom is -0.321 e. The third-order valence-electron chi connectivity index (χ3n) is 1.87. The van der Waals surface area contributed by atoms with E-state index in [1.54, 1.807) is 6.07 Å². The minimum atomic E-state index is -2.64. The van der Waals surface area contributed by atoms with Gasteiger partial charge in [0.1, 0.15) is 0 Å². The number of ketones is 1. The smallest absolute Gasteiger partial charge is 0.264 e. The monoisotopic (exact) mass is 199 g/mol. The molecule has 0 aliphatic carbocycles. The van der Waals surface area contributed by atoms with Gasteiger partial charge in [-0.2, -0.15) is 0 Å². The van der Waals surface area contributed by atoms with Crippen LogP contribution in [-0.4, -0.2) is 11.8 Å². The highest BCUT2D eigenvalue weighted by atomic mass is 19.3. The maximum Gasteiger partial charge on any atom is 0.264 e. The molecule has 1 aromatic rings. The topological polar surface area (TPSA) is 43.1 Å². The van der Waals surface area contributed by atoms with Gasteiger partial charge in [-0.25, -0.2) is 8.78 Å². The highest BCUT2D eigenvalue weighted by Gasteiger charge is 2.19. The lowest BCUT2D eigenvalue weighted by Gasteiger charge is -2.09. The Balaban J connectivity index is 3.13.